The van der Waals surface area contributed by atoms with Crippen LogP contribution in [0.1, 0.15) is 15.9 Å². The zero-order valence-electron chi connectivity index (χ0n) is 21.4. The Morgan fingerprint density at radius 1 is 0.897 bits per heavy atom. The number of rotatable bonds is 6. The molecule has 7 nitrogen and oxygen atoms in total. The van der Waals surface area contributed by atoms with Gasteiger partial charge in [0.1, 0.15) is 11.5 Å². The van der Waals surface area contributed by atoms with Crippen LogP contribution in [0.5, 0.6) is 11.5 Å². The maximum atomic E-state index is 13.5. The molecule has 10 heteroatoms. The number of nitrogens with zero attached hydrogens (tertiary/aromatic N) is 3. The maximum absolute atomic E-state index is 13.5. The van der Waals surface area contributed by atoms with Crippen molar-refractivity contribution in [3.8, 4) is 34.3 Å². The van der Waals surface area contributed by atoms with Gasteiger partial charge in [-0.2, -0.15) is 13.2 Å². The summed E-state index contributed by atoms with van der Waals surface area (Å²) in [5.74, 6) is 1.76. The van der Waals surface area contributed by atoms with Crippen LogP contribution in [0.25, 0.3) is 22.8 Å². The van der Waals surface area contributed by atoms with Gasteiger partial charge in [-0.3, -0.25) is 4.79 Å². The summed E-state index contributed by atoms with van der Waals surface area (Å²) in [5.41, 5.74) is 1.46. The molecule has 1 fully saturated rings. The summed E-state index contributed by atoms with van der Waals surface area (Å²) in [4.78, 5) is 21.5. The lowest BCUT2D eigenvalue weighted by atomic mass is 10.1. The number of piperazine rings is 1. The molecular formula is C29H26F3N3O4. The molecule has 1 saturated heterocycles. The Balaban J connectivity index is 1.34. The number of methoxy groups -OCH3 is 2. The molecule has 0 radical (unpaired) electrons. The number of amides is 1. The van der Waals surface area contributed by atoms with Gasteiger partial charge in [-0.25, -0.2) is 4.98 Å². The number of halogens is 3. The third-order valence-electron chi connectivity index (χ3n) is 6.67. The van der Waals surface area contributed by atoms with Crippen LogP contribution in [0.15, 0.2) is 77.3 Å². The number of aromatic nitrogens is 1. The molecule has 0 aliphatic carbocycles. The zero-order valence-corrected chi connectivity index (χ0v) is 21.4. The van der Waals surface area contributed by atoms with Crippen molar-refractivity contribution in [1.82, 2.24) is 9.88 Å². The Kier molecular flexibility index (Phi) is 7.19. The van der Waals surface area contributed by atoms with Gasteiger partial charge in [0.2, 0.25) is 5.89 Å². The Hall–Kier alpha value is -4.47. The van der Waals surface area contributed by atoms with Crippen molar-refractivity contribution in [2.75, 3.05) is 45.3 Å². The Labute approximate surface area is 223 Å². The Bertz CT molecular complexity index is 1480. The molecule has 3 aromatic carbocycles. The monoisotopic (exact) mass is 537 g/mol. The predicted octanol–water partition coefficient (Wildman–Crippen LogP) is 6.01. The molecular weight excluding hydrogens is 511 g/mol. The average molecular weight is 538 g/mol. The number of hydrogen-bond donors (Lipinski definition) is 0. The Morgan fingerprint density at radius 3 is 2.38 bits per heavy atom. The van der Waals surface area contributed by atoms with Crippen LogP contribution in [0.4, 0.5) is 18.9 Å². The summed E-state index contributed by atoms with van der Waals surface area (Å²) in [7, 11) is 3.12. The highest BCUT2D eigenvalue weighted by Crippen LogP contribution is 2.36. The maximum Gasteiger partial charge on any atom is 0.416 e. The lowest BCUT2D eigenvalue weighted by molar-refractivity contribution is -0.137. The van der Waals surface area contributed by atoms with E-state index in [1.54, 1.807) is 67.8 Å². The summed E-state index contributed by atoms with van der Waals surface area (Å²) in [5, 5.41) is 0. The summed E-state index contributed by atoms with van der Waals surface area (Å²) in [6.07, 6.45) is -2.83. The number of carbonyl (C=O) groups excluding carboxylic acids is 1. The van der Waals surface area contributed by atoms with Gasteiger partial charge in [-0.15, -0.1) is 0 Å². The first kappa shape index (κ1) is 26.1. The van der Waals surface area contributed by atoms with Gasteiger partial charge in [0.05, 0.1) is 37.1 Å². The largest absolute Gasteiger partial charge is 0.497 e. The van der Waals surface area contributed by atoms with Crippen LogP contribution in [0.2, 0.25) is 0 Å². The molecule has 0 bridgehead atoms. The summed E-state index contributed by atoms with van der Waals surface area (Å²) < 4.78 is 56.2. The third-order valence-corrected chi connectivity index (χ3v) is 6.67. The molecule has 2 heterocycles. The number of carbonyl (C=O) groups is 1. The molecule has 0 unspecified atom stereocenters. The Morgan fingerprint density at radius 2 is 1.67 bits per heavy atom. The van der Waals surface area contributed by atoms with E-state index in [-0.39, 0.29) is 11.8 Å². The fourth-order valence-corrected chi connectivity index (χ4v) is 4.60. The zero-order chi connectivity index (χ0) is 27.6. The second kappa shape index (κ2) is 10.7. The van der Waals surface area contributed by atoms with E-state index in [0.717, 1.165) is 12.1 Å². The van der Waals surface area contributed by atoms with E-state index in [4.69, 9.17) is 13.9 Å². The first-order valence-electron chi connectivity index (χ1n) is 12.3. The molecule has 1 aliphatic heterocycles. The van der Waals surface area contributed by atoms with Crippen molar-refractivity contribution in [1.29, 1.82) is 0 Å². The van der Waals surface area contributed by atoms with Gasteiger partial charge in [-0.05, 0) is 42.5 Å². The minimum atomic E-state index is -4.41. The molecule has 0 atom stereocenters. The highest BCUT2D eigenvalue weighted by Gasteiger charge is 2.31. The third kappa shape index (κ3) is 5.41. The van der Waals surface area contributed by atoms with Crippen LogP contribution in [-0.4, -0.2) is 56.2 Å². The standard InChI is InChI=1S/C29H26F3N3O4/c1-37-21-10-11-24(25(17-21)38-2)26-18-33-27(39-26)22-8-3-4-9-23(22)28(36)35-14-12-34(13-15-35)20-7-5-6-19(16-20)29(30,31)32/h3-11,16-18H,12-15H2,1-2H3. The number of anilines is 1. The second-order valence-corrected chi connectivity index (χ2v) is 8.97. The fraction of sp³-hybridized carbons (Fsp3) is 0.241. The molecule has 39 heavy (non-hydrogen) atoms. The molecule has 0 N–H and O–H groups in total. The minimum absolute atomic E-state index is 0.198. The van der Waals surface area contributed by atoms with Crippen molar-refractivity contribution < 1.29 is 31.9 Å². The quantitative estimate of drug-likeness (QED) is 0.300. The molecule has 4 aromatic rings. The van der Waals surface area contributed by atoms with Crippen LogP contribution < -0.4 is 14.4 Å². The number of benzene rings is 3. The van der Waals surface area contributed by atoms with Crippen molar-refractivity contribution in [2.24, 2.45) is 0 Å². The van der Waals surface area contributed by atoms with E-state index in [1.807, 2.05) is 11.0 Å². The summed E-state index contributed by atoms with van der Waals surface area (Å²) in [6, 6.07) is 17.7. The summed E-state index contributed by atoms with van der Waals surface area (Å²) in [6.45, 7) is 1.55. The molecule has 202 valence electrons. The van der Waals surface area contributed by atoms with Crippen molar-refractivity contribution in [2.45, 2.75) is 6.18 Å². The molecule has 1 aliphatic rings. The van der Waals surface area contributed by atoms with E-state index in [1.165, 1.54) is 6.07 Å². The van der Waals surface area contributed by atoms with Crippen molar-refractivity contribution >= 4 is 11.6 Å². The number of alkyl halides is 3. The van der Waals surface area contributed by atoms with E-state index in [9.17, 15) is 18.0 Å². The van der Waals surface area contributed by atoms with Crippen molar-refractivity contribution in [3.05, 3.63) is 84.1 Å². The van der Waals surface area contributed by atoms with Gasteiger partial charge in [0.25, 0.3) is 5.91 Å². The lowest BCUT2D eigenvalue weighted by Gasteiger charge is -2.36. The SMILES string of the molecule is COc1ccc(-c2cnc(-c3ccccc3C(=O)N3CCN(c4cccc(C(F)(F)F)c4)CC3)o2)c(OC)c1. The average Bonchev–Trinajstić information content (AvgIpc) is 3.46. The van der Waals surface area contributed by atoms with Gasteiger partial charge in [0, 0.05) is 43.5 Å². The van der Waals surface area contributed by atoms with Gasteiger partial charge in [-0.1, -0.05) is 18.2 Å². The minimum Gasteiger partial charge on any atom is -0.497 e. The van der Waals surface area contributed by atoms with Crippen LogP contribution in [0, 0.1) is 0 Å². The first-order chi connectivity index (χ1) is 18.8. The van der Waals surface area contributed by atoms with Crippen molar-refractivity contribution in [3.63, 3.8) is 0 Å². The van der Waals surface area contributed by atoms with Gasteiger partial charge < -0.3 is 23.7 Å². The lowest BCUT2D eigenvalue weighted by Crippen LogP contribution is -2.49. The summed E-state index contributed by atoms with van der Waals surface area (Å²) >= 11 is 0. The number of ether oxygens (including phenoxy) is 2. The predicted molar refractivity (Wildman–Crippen MR) is 140 cm³/mol. The molecule has 1 aromatic heterocycles. The number of hydrogen-bond acceptors (Lipinski definition) is 6. The number of oxazole rings is 1. The normalized spacial score (nSPS) is 13.9. The van der Waals surface area contributed by atoms with Crippen LogP contribution in [0.3, 0.4) is 0 Å². The van der Waals surface area contributed by atoms with E-state index < -0.39 is 11.7 Å². The van der Waals surface area contributed by atoms with Crippen LogP contribution in [-0.2, 0) is 6.18 Å². The fourth-order valence-electron chi connectivity index (χ4n) is 4.60. The molecule has 0 spiro atoms. The smallest absolute Gasteiger partial charge is 0.416 e. The highest BCUT2D eigenvalue weighted by molar-refractivity contribution is 6.00. The van der Waals surface area contributed by atoms with Crippen LogP contribution >= 0.6 is 0 Å². The topological polar surface area (TPSA) is 68.0 Å². The first-order valence-corrected chi connectivity index (χ1v) is 12.3. The van der Waals surface area contributed by atoms with E-state index in [0.29, 0.717) is 65.8 Å². The second-order valence-electron chi connectivity index (χ2n) is 8.97. The molecule has 5 rings (SSSR count). The van der Waals surface area contributed by atoms with Gasteiger partial charge in [0.15, 0.2) is 5.76 Å². The molecule has 1 amide bonds. The van der Waals surface area contributed by atoms with E-state index >= 15 is 0 Å². The van der Waals surface area contributed by atoms with Gasteiger partial charge >= 0.3 is 6.18 Å². The molecule has 0 saturated carbocycles. The van der Waals surface area contributed by atoms with E-state index in [2.05, 4.69) is 4.98 Å². The highest BCUT2D eigenvalue weighted by atomic mass is 19.4.